The van der Waals surface area contributed by atoms with Crippen molar-refractivity contribution in [3.05, 3.63) is 82.9 Å². The number of benzene rings is 2. The van der Waals surface area contributed by atoms with Gasteiger partial charge in [-0.25, -0.2) is 12.8 Å². The first-order valence-electron chi connectivity index (χ1n) is 11.7. The van der Waals surface area contributed by atoms with Crippen LogP contribution in [0.2, 0.25) is 0 Å². The topological polar surface area (TPSA) is 121 Å². The molecule has 0 fully saturated rings. The van der Waals surface area contributed by atoms with E-state index in [9.17, 15) is 22.7 Å². The molecule has 198 valence electrons. The maximum Gasteiger partial charge on any atom is 0.281 e. The number of ether oxygens (including phenoxy) is 2. The van der Waals surface area contributed by atoms with E-state index in [1.165, 1.54) is 50.7 Å². The van der Waals surface area contributed by atoms with Gasteiger partial charge in [0.25, 0.3) is 5.56 Å². The maximum absolute atomic E-state index is 13.9. The first kappa shape index (κ1) is 26.8. The molecule has 0 saturated heterocycles. The van der Waals surface area contributed by atoms with Crippen LogP contribution in [-0.2, 0) is 16.3 Å². The Bertz CT molecular complexity index is 1610. The zero-order valence-corrected chi connectivity index (χ0v) is 21.8. The Morgan fingerprint density at radius 3 is 2.24 bits per heavy atom. The van der Waals surface area contributed by atoms with Gasteiger partial charge in [0.2, 0.25) is 15.7 Å². The van der Waals surface area contributed by atoms with Gasteiger partial charge in [0.05, 0.1) is 25.3 Å². The third-order valence-corrected chi connectivity index (χ3v) is 7.73. The van der Waals surface area contributed by atoms with E-state index in [0.717, 1.165) is 17.2 Å². The van der Waals surface area contributed by atoms with Crippen LogP contribution in [0.15, 0.2) is 75.5 Å². The van der Waals surface area contributed by atoms with Gasteiger partial charge in [-0.1, -0.05) is 31.5 Å². The van der Waals surface area contributed by atoms with Gasteiger partial charge in [0.15, 0.2) is 4.90 Å². The third kappa shape index (κ3) is 4.97. The average molecular weight is 540 g/mol. The molecule has 4 aromatic rings. The molecule has 2 heterocycles. The standard InChI is InChI=1S/C27H26FN3O6S/c1-4-5-9-23-30-26(32)25(27(33)31(23)24-21(36-2)7-6-8-22(24)37-3)38(34,35)20-12-10-17(11-13-20)18-14-19(28)16-29-15-18/h6-8,10-16,32H,4-5,9H2,1-3H3. The summed E-state index contributed by atoms with van der Waals surface area (Å²) in [6.45, 7) is 1.95. The number of para-hydroxylation sites is 1. The van der Waals surface area contributed by atoms with Gasteiger partial charge in [-0.05, 0) is 42.3 Å². The van der Waals surface area contributed by atoms with E-state index in [1.54, 1.807) is 18.2 Å². The lowest BCUT2D eigenvalue weighted by Gasteiger charge is -2.19. The van der Waals surface area contributed by atoms with Crippen molar-refractivity contribution in [2.24, 2.45) is 0 Å². The fraction of sp³-hybridized carbons (Fsp3) is 0.222. The van der Waals surface area contributed by atoms with Crippen LogP contribution in [0.1, 0.15) is 25.6 Å². The minimum absolute atomic E-state index is 0.157. The smallest absolute Gasteiger partial charge is 0.281 e. The Kier molecular flexibility index (Phi) is 7.77. The summed E-state index contributed by atoms with van der Waals surface area (Å²) in [4.78, 5) is 20.7. The molecular weight excluding hydrogens is 513 g/mol. The number of aryl methyl sites for hydroxylation is 1. The number of halogens is 1. The van der Waals surface area contributed by atoms with Crippen LogP contribution < -0.4 is 15.0 Å². The first-order valence-corrected chi connectivity index (χ1v) is 13.2. The Balaban J connectivity index is 1.93. The molecule has 4 rings (SSSR count). The monoisotopic (exact) mass is 539 g/mol. The molecule has 0 atom stereocenters. The second kappa shape index (κ2) is 11.0. The van der Waals surface area contributed by atoms with E-state index < -0.39 is 32.0 Å². The molecule has 0 saturated carbocycles. The van der Waals surface area contributed by atoms with Crippen molar-refractivity contribution in [1.82, 2.24) is 14.5 Å². The molecule has 9 nitrogen and oxygen atoms in total. The lowest BCUT2D eigenvalue weighted by Crippen LogP contribution is -2.29. The molecule has 0 aliphatic carbocycles. The molecule has 0 unspecified atom stereocenters. The fourth-order valence-electron chi connectivity index (χ4n) is 4.07. The van der Waals surface area contributed by atoms with Crippen molar-refractivity contribution in [1.29, 1.82) is 0 Å². The number of hydrogen-bond donors (Lipinski definition) is 1. The normalized spacial score (nSPS) is 11.4. The lowest BCUT2D eigenvalue weighted by molar-refractivity contribution is 0.386. The number of aromatic hydroxyl groups is 1. The Morgan fingerprint density at radius 1 is 1.00 bits per heavy atom. The van der Waals surface area contributed by atoms with Crippen molar-refractivity contribution in [3.63, 3.8) is 0 Å². The molecule has 38 heavy (non-hydrogen) atoms. The van der Waals surface area contributed by atoms with Gasteiger partial charge < -0.3 is 14.6 Å². The molecule has 0 radical (unpaired) electrons. The van der Waals surface area contributed by atoms with Gasteiger partial charge in [0.1, 0.15) is 28.8 Å². The zero-order valence-electron chi connectivity index (χ0n) is 21.0. The predicted octanol–water partition coefficient (Wildman–Crippen LogP) is 4.33. The summed E-state index contributed by atoms with van der Waals surface area (Å²) in [5.74, 6) is -0.762. The summed E-state index contributed by atoms with van der Waals surface area (Å²) in [5.41, 5.74) is 0.144. The number of unbranched alkanes of at least 4 members (excludes halogenated alkanes) is 1. The number of sulfone groups is 1. The van der Waals surface area contributed by atoms with Crippen molar-refractivity contribution >= 4 is 9.84 Å². The van der Waals surface area contributed by atoms with Gasteiger partial charge in [-0.15, -0.1) is 0 Å². The predicted molar refractivity (Wildman–Crippen MR) is 138 cm³/mol. The highest BCUT2D eigenvalue weighted by Gasteiger charge is 2.31. The number of hydrogen-bond acceptors (Lipinski definition) is 8. The lowest BCUT2D eigenvalue weighted by atomic mass is 10.1. The van der Waals surface area contributed by atoms with Gasteiger partial charge in [-0.2, -0.15) is 4.98 Å². The van der Waals surface area contributed by atoms with E-state index in [1.807, 2.05) is 6.92 Å². The van der Waals surface area contributed by atoms with E-state index in [2.05, 4.69) is 9.97 Å². The summed E-state index contributed by atoms with van der Waals surface area (Å²) < 4.78 is 52.9. The van der Waals surface area contributed by atoms with E-state index >= 15 is 0 Å². The largest absolute Gasteiger partial charge is 0.494 e. The van der Waals surface area contributed by atoms with Crippen LogP contribution in [-0.4, -0.2) is 42.3 Å². The van der Waals surface area contributed by atoms with Crippen molar-refractivity contribution < 1.29 is 27.4 Å². The highest BCUT2D eigenvalue weighted by Crippen LogP contribution is 2.34. The molecule has 0 aliphatic rings. The second-order valence-electron chi connectivity index (χ2n) is 8.36. The van der Waals surface area contributed by atoms with Crippen LogP contribution in [0, 0.1) is 5.82 Å². The molecule has 1 N–H and O–H groups in total. The van der Waals surface area contributed by atoms with Crippen LogP contribution in [0.5, 0.6) is 17.4 Å². The molecule has 0 bridgehead atoms. The van der Waals surface area contributed by atoms with Gasteiger partial charge in [-0.3, -0.25) is 14.3 Å². The number of pyridine rings is 1. The summed E-state index contributed by atoms with van der Waals surface area (Å²) in [5, 5.41) is 10.7. The Labute approximate surface area is 219 Å². The quantitative estimate of drug-likeness (QED) is 0.334. The summed E-state index contributed by atoms with van der Waals surface area (Å²) in [6, 6.07) is 11.6. The summed E-state index contributed by atoms with van der Waals surface area (Å²) in [7, 11) is -1.71. The van der Waals surface area contributed by atoms with E-state index in [0.29, 0.717) is 17.5 Å². The van der Waals surface area contributed by atoms with E-state index in [-0.39, 0.29) is 34.3 Å². The maximum atomic E-state index is 13.9. The fourth-order valence-corrected chi connectivity index (χ4v) is 5.41. The molecular formula is C27H26FN3O6S. The van der Waals surface area contributed by atoms with Gasteiger partial charge >= 0.3 is 0 Å². The Morgan fingerprint density at radius 2 is 1.66 bits per heavy atom. The first-order chi connectivity index (χ1) is 18.2. The molecule has 0 spiro atoms. The van der Waals surface area contributed by atoms with Crippen LogP contribution in [0.4, 0.5) is 4.39 Å². The molecule has 0 amide bonds. The van der Waals surface area contributed by atoms with Crippen molar-refractivity contribution in [2.45, 2.75) is 36.0 Å². The zero-order chi connectivity index (χ0) is 27.4. The van der Waals surface area contributed by atoms with Crippen LogP contribution in [0.25, 0.3) is 16.8 Å². The van der Waals surface area contributed by atoms with Crippen molar-refractivity contribution in [3.8, 4) is 34.2 Å². The second-order valence-corrected chi connectivity index (χ2v) is 10.2. The van der Waals surface area contributed by atoms with Crippen LogP contribution in [0.3, 0.4) is 0 Å². The molecule has 2 aromatic carbocycles. The molecule has 0 aliphatic heterocycles. The average Bonchev–Trinajstić information content (AvgIpc) is 2.91. The number of rotatable bonds is 9. The molecule has 2 aromatic heterocycles. The number of aromatic nitrogens is 3. The minimum Gasteiger partial charge on any atom is -0.494 e. The summed E-state index contributed by atoms with van der Waals surface area (Å²) in [6.07, 6.45) is 4.19. The van der Waals surface area contributed by atoms with Crippen molar-refractivity contribution in [2.75, 3.05) is 14.2 Å². The highest BCUT2D eigenvalue weighted by atomic mass is 32.2. The van der Waals surface area contributed by atoms with Gasteiger partial charge in [0, 0.05) is 18.2 Å². The Hall–Kier alpha value is -4.25. The summed E-state index contributed by atoms with van der Waals surface area (Å²) >= 11 is 0. The van der Waals surface area contributed by atoms with E-state index in [4.69, 9.17) is 9.47 Å². The van der Waals surface area contributed by atoms with Crippen LogP contribution >= 0.6 is 0 Å². The SMILES string of the molecule is CCCCc1nc(O)c(S(=O)(=O)c2ccc(-c3cncc(F)c3)cc2)c(=O)n1-c1c(OC)cccc1OC. The number of nitrogens with zero attached hydrogens (tertiary/aromatic N) is 3. The third-order valence-electron chi connectivity index (χ3n) is 5.94. The minimum atomic E-state index is -4.53. The molecule has 11 heteroatoms. The highest BCUT2D eigenvalue weighted by molar-refractivity contribution is 7.91. The number of methoxy groups -OCH3 is 2.